The van der Waals surface area contributed by atoms with E-state index in [9.17, 15) is 4.79 Å². The van der Waals surface area contributed by atoms with E-state index < -0.39 is 0 Å². The van der Waals surface area contributed by atoms with Gasteiger partial charge >= 0.3 is 0 Å². The summed E-state index contributed by atoms with van der Waals surface area (Å²) in [7, 11) is 0. The van der Waals surface area contributed by atoms with Crippen molar-refractivity contribution < 1.29 is 4.79 Å². The largest absolute Gasteiger partial charge is 0.298 e. The topological polar surface area (TPSA) is 17.1 Å². The molecule has 20 heavy (non-hydrogen) atoms. The Balaban J connectivity index is 1.72. The summed E-state index contributed by atoms with van der Waals surface area (Å²) in [4.78, 5) is 10.8. The van der Waals surface area contributed by atoms with Crippen LogP contribution in [0.1, 0.15) is 80.1 Å². The summed E-state index contributed by atoms with van der Waals surface area (Å²) >= 11 is 0. The molecule has 0 heterocycles. The molecule has 2 aliphatic rings. The third-order valence-corrected chi connectivity index (χ3v) is 5.95. The van der Waals surface area contributed by atoms with Crippen molar-refractivity contribution in [2.24, 2.45) is 11.3 Å². The first-order valence-electron chi connectivity index (χ1n) is 8.28. The van der Waals surface area contributed by atoms with Crippen LogP contribution in [-0.4, -0.2) is 6.29 Å². The van der Waals surface area contributed by atoms with E-state index in [0.29, 0.717) is 11.3 Å². The zero-order valence-electron chi connectivity index (χ0n) is 12.6. The average molecular weight is 270 g/mol. The van der Waals surface area contributed by atoms with Gasteiger partial charge in [-0.2, -0.15) is 0 Å². The van der Waals surface area contributed by atoms with E-state index >= 15 is 0 Å². The molecule has 2 aliphatic carbocycles. The molecule has 2 atom stereocenters. The van der Waals surface area contributed by atoms with Gasteiger partial charge in [-0.1, -0.05) is 50.5 Å². The van der Waals surface area contributed by atoms with Gasteiger partial charge in [0.2, 0.25) is 0 Å². The summed E-state index contributed by atoms with van der Waals surface area (Å²) < 4.78 is 0. The molecule has 1 aromatic rings. The SMILES string of the molecule is C[C@@H](c1ccc(C=O)cc1)[C@@H]1CCCC2(CCCC2)C1. The maximum Gasteiger partial charge on any atom is 0.150 e. The molecule has 0 aliphatic heterocycles. The predicted molar refractivity (Wildman–Crippen MR) is 83.1 cm³/mol. The third-order valence-electron chi connectivity index (χ3n) is 5.95. The Bertz CT molecular complexity index is 453. The highest BCUT2D eigenvalue weighted by molar-refractivity contribution is 5.74. The first-order valence-corrected chi connectivity index (χ1v) is 8.28. The van der Waals surface area contributed by atoms with E-state index in [1.54, 1.807) is 0 Å². The summed E-state index contributed by atoms with van der Waals surface area (Å²) in [5.41, 5.74) is 2.90. The van der Waals surface area contributed by atoms with Crippen LogP contribution in [0.2, 0.25) is 0 Å². The first kappa shape index (κ1) is 13.9. The Morgan fingerprint density at radius 2 is 1.75 bits per heavy atom. The van der Waals surface area contributed by atoms with Gasteiger partial charge in [-0.25, -0.2) is 0 Å². The van der Waals surface area contributed by atoms with Gasteiger partial charge in [-0.3, -0.25) is 4.79 Å². The summed E-state index contributed by atoms with van der Waals surface area (Å²) in [5.74, 6) is 1.47. The molecule has 1 nitrogen and oxygen atoms in total. The van der Waals surface area contributed by atoms with E-state index in [4.69, 9.17) is 0 Å². The standard InChI is InChI=1S/C19H26O/c1-15(17-8-6-16(14-20)7-9-17)18-5-4-12-19(13-18)10-2-3-11-19/h6-9,14-15,18H,2-5,10-13H2,1H3/t15-,18+/m0/s1. The molecular formula is C19H26O. The minimum Gasteiger partial charge on any atom is -0.298 e. The van der Waals surface area contributed by atoms with Crippen molar-refractivity contribution in [2.45, 2.75) is 64.2 Å². The van der Waals surface area contributed by atoms with E-state index in [-0.39, 0.29) is 0 Å². The van der Waals surface area contributed by atoms with E-state index in [2.05, 4.69) is 19.1 Å². The van der Waals surface area contributed by atoms with E-state index in [0.717, 1.165) is 17.8 Å². The fourth-order valence-electron chi connectivity index (χ4n) is 4.66. The molecule has 2 fully saturated rings. The van der Waals surface area contributed by atoms with Crippen LogP contribution in [0, 0.1) is 11.3 Å². The number of benzene rings is 1. The summed E-state index contributed by atoms with van der Waals surface area (Å²) in [6.07, 6.45) is 12.5. The average Bonchev–Trinajstić information content (AvgIpc) is 2.94. The van der Waals surface area contributed by atoms with Gasteiger partial charge in [-0.05, 0) is 54.9 Å². The van der Waals surface area contributed by atoms with Crippen LogP contribution in [0.15, 0.2) is 24.3 Å². The van der Waals surface area contributed by atoms with Crippen LogP contribution in [0.25, 0.3) is 0 Å². The molecule has 0 bridgehead atoms. The lowest BCUT2D eigenvalue weighted by atomic mass is 9.65. The monoisotopic (exact) mass is 270 g/mol. The second-order valence-electron chi connectivity index (χ2n) is 7.14. The predicted octanol–water partition coefficient (Wildman–Crippen LogP) is 5.35. The molecule has 2 saturated carbocycles. The van der Waals surface area contributed by atoms with Crippen molar-refractivity contribution in [2.75, 3.05) is 0 Å². The highest BCUT2D eigenvalue weighted by atomic mass is 16.1. The van der Waals surface area contributed by atoms with Crippen LogP contribution < -0.4 is 0 Å². The van der Waals surface area contributed by atoms with Crippen molar-refractivity contribution >= 4 is 6.29 Å². The Kier molecular flexibility index (Phi) is 3.96. The zero-order valence-corrected chi connectivity index (χ0v) is 12.6. The lowest BCUT2D eigenvalue weighted by Gasteiger charge is -2.40. The summed E-state index contributed by atoms with van der Waals surface area (Å²) in [5, 5.41) is 0. The minimum atomic E-state index is 0.633. The Morgan fingerprint density at radius 1 is 1.10 bits per heavy atom. The summed E-state index contributed by atoms with van der Waals surface area (Å²) in [6.45, 7) is 2.38. The smallest absolute Gasteiger partial charge is 0.150 e. The van der Waals surface area contributed by atoms with Gasteiger partial charge in [0.1, 0.15) is 6.29 Å². The van der Waals surface area contributed by atoms with Gasteiger partial charge in [-0.15, -0.1) is 0 Å². The fraction of sp³-hybridized carbons (Fsp3) is 0.632. The Labute approximate surface area is 122 Å². The molecule has 0 unspecified atom stereocenters. The molecular weight excluding hydrogens is 244 g/mol. The lowest BCUT2D eigenvalue weighted by molar-refractivity contribution is 0.112. The quantitative estimate of drug-likeness (QED) is 0.676. The van der Waals surface area contributed by atoms with Crippen LogP contribution in [-0.2, 0) is 0 Å². The summed E-state index contributed by atoms with van der Waals surface area (Å²) in [6, 6.07) is 8.24. The van der Waals surface area contributed by atoms with Crippen molar-refractivity contribution in [3.63, 3.8) is 0 Å². The van der Waals surface area contributed by atoms with Gasteiger partial charge in [0.15, 0.2) is 0 Å². The Hall–Kier alpha value is -1.11. The zero-order chi connectivity index (χ0) is 14.0. The first-order chi connectivity index (χ1) is 9.72. The van der Waals surface area contributed by atoms with Gasteiger partial charge in [0, 0.05) is 5.56 Å². The third kappa shape index (κ3) is 2.68. The molecule has 108 valence electrons. The molecule has 1 aromatic carbocycles. The van der Waals surface area contributed by atoms with Gasteiger partial charge in [0.25, 0.3) is 0 Å². The molecule has 0 radical (unpaired) electrons. The Morgan fingerprint density at radius 3 is 2.40 bits per heavy atom. The van der Waals surface area contributed by atoms with Crippen molar-refractivity contribution in [1.29, 1.82) is 0 Å². The second-order valence-corrected chi connectivity index (χ2v) is 7.14. The molecule has 1 heteroatoms. The highest BCUT2D eigenvalue weighted by Gasteiger charge is 2.39. The number of hydrogen-bond acceptors (Lipinski definition) is 1. The molecule has 0 N–H and O–H groups in total. The molecule has 0 amide bonds. The number of carbonyl (C=O) groups is 1. The number of aldehydes is 1. The van der Waals surface area contributed by atoms with Crippen LogP contribution in [0.3, 0.4) is 0 Å². The van der Waals surface area contributed by atoms with Crippen LogP contribution in [0.4, 0.5) is 0 Å². The van der Waals surface area contributed by atoms with Crippen molar-refractivity contribution in [3.8, 4) is 0 Å². The van der Waals surface area contributed by atoms with Crippen LogP contribution in [0.5, 0.6) is 0 Å². The maximum atomic E-state index is 10.8. The second kappa shape index (κ2) is 5.71. The van der Waals surface area contributed by atoms with Crippen LogP contribution >= 0.6 is 0 Å². The van der Waals surface area contributed by atoms with Crippen molar-refractivity contribution in [3.05, 3.63) is 35.4 Å². The normalized spacial score (nSPS) is 26.6. The number of carbonyl (C=O) groups excluding carboxylic acids is 1. The van der Waals surface area contributed by atoms with E-state index in [1.807, 2.05) is 12.1 Å². The van der Waals surface area contributed by atoms with Crippen molar-refractivity contribution in [1.82, 2.24) is 0 Å². The van der Waals surface area contributed by atoms with Gasteiger partial charge < -0.3 is 0 Å². The molecule has 0 aromatic heterocycles. The van der Waals surface area contributed by atoms with Gasteiger partial charge in [0.05, 0.1) is 0 Å². The number of hydrogen-bond donors (Lipinski definition) is 0. The molecule has 3 rings (SSSR count). The molecule has 0 saturated heterocycles. The van der Waals surface area contributed by atoms with E-state index in [1.165, 1.54) is 56.9 Å². The highest BCUT2D eigenvalue weighted by Crippen LogP contribution is 2.53. The molecule has 1 spiro atoms. The number of rotatable bonds is 3. The fourth-order valence-corrected chi connectivity index (χ4v) is 4.66. The lowest BCUT2D eigenvalue weighted by Crippen LogP contribution is -2.28. The minimum absolute atomic E-state index is 0.633. The maximum absolute atomic E-state index is 10.8.